The molecular weight excluding hydrogens is 290 g/mol. The fraction of sp³-hybridized carbons (Fsp3) is 0.500. The molecule has 114 valence electrons. The lowest BCUT2D eigenvalue weighted by Gasteiger charge is -2.25. The topological polar surface area (TPSA) is 92.4 Å². The molecule has 0 saturated heterocycles. The lowest BCUT2D eigenvalue weighted by Crippen LogP contribution is -2.42. The van der Waals surface area contributed by atoms with E-state index in [0.717, 1.165) is 0 Å². The van der Waals surface area contributed by atoms with Crippen molar-refractivity contribution in [1.82, 2.24) is 4.72 Å². The van der Waals surface area contributed by atoms with E-state index in [0.29, 0.717) is 25.0 Å². The van der Waals surface area contributed by atoms with E-state index in [9.17, 15) is 22.3 Å². The average Bonchev–Trinajstić information content (AvgIpc) is 2.40. The number of hydrogen-bond acceptors (Lipinski definition) is 4. The Morgan fingerprint density at radius 3 is 2.30 bits per heavy atom. The molecule has 0 spiro atoms. The van der Waals surface area contributed by atoms with Crippen LogP contribution in [-0.4, -0.2) is 25.7 Å². The molecule has 1 rings (SSSR count). The first-order valence-corrected chi connectivity index (χ1v) is 7.60. The highest BCUT2D eigenvalue weighted by atomic mass is 32.2. The molecule has 5 nitrogen and oxygen atoms in total. The summed E-state index contributed by atoms with van der Waals surface area (Å²) in [5.74, 6) is -2.26. The summed E-state index contributed by atoms with van der Waals surface area (Å²) in [7, 11) is -4.22. The average molecular weight is 308 g/mol. The number of benzene rings is 1. The Bertz CT molecular complexity index is 587. The van der Waals surface area contributed by atoms with Crippen LogP contribution in [-0.2, 0) is 10.0 Å². The van der Waals surface area contributed by atoms with Gasteiger partial charge in [0, 0.05) is 12.6 Å². The molecule has 0 aliphatic carbocycles. The highest BCUT2D eigenvalue weighted by molar-refractivity contribution is 7.89. The molecule has 0 atom stereocenters. The van der Waals surface area contributed by atoms with E-state index in [1.807, 2.05) is 0 Å². The first-order chi connectivity index (χ1) is 9.15. The van der Waals surface area contributed by atoms with Crippen LogP contribution in [0.15, 0.2) is 17.0 Å². The second kappa shape index (κ2) is 6.02. The molecule has 0 aliphatic heterocycles. The molecule has 0 aromatic heterocycles. The Hall–Kier alpha value is -1.25. The number of sulfonamides is 1. The maximum atomic E-state index is 13.5. The first kappa shape index (κ1) is 16.8. The van der Waals surface area contributed by atoms with Gasteiger partial charge in [0.1, 0.15) is 16.5 Å². The number of nitrogens with one attached hydrogen (secondary N) is 1. The monoisotopic (exact) mass is 308 g/mol. The van der Waals surface area contributed by atoms with Crippen molar-refractivity contribution in [2.75, 3.05) is 12.3 Å². The van der Waals surface area contributed by atoms with E-state index in [1.54, 1.807) is 13.8 Å². The van der Waals surface area contributed by atoms with E-state index in [1.165, 1.54) is 0 Å². The quantitative estimate of drug-likeness (QED) is 0.692. The van der Waals surface area contributed by atoms with Gasteiger partial charge in [-0.05, 0) is 18.9 Å². The Kier molecular flexibility index (Phi) is 5.06. The normalized spacial score (nSPS) is 12.7. The SMILES string of the molecule is CCC(O)(CC)CNS(=O)(=O)c1cc(N)c(F)cc1F. The molecule has 0 radical (unpaired) electrons. The second-order valence-corrected chi connectivity index (χ2v) is 6.30. The zero-order valence-corrected chi connectivity index (χ0v) is 12.1. The minimum absolute atomic E-state index is 0.265. The van der Waals surface area contributed by atoms with E-state index < -0.39 is 37.8 Å². The molecule has 8 heteroatoms. The summed E-state index contributed by atoms with van der Waals surface area (Å²) in [4.78, 5) is -0.744. The smallest absolute Gasteiger partial charge is 0.243 e. The van der Waals surface area contributed by atoms with Crippen molar-refractivity contribution >= 4 is 15.7 Å². The molecule has 20 heavy (non-hydrogen) atoms. The van der Waals surface area contributed by atoms with Gasteiger partial charge in [0.05, 0.1) is 11.3 Å². The van der Waals surface area contributed by atoms with E-state index >= 15 is 0 Å². The van der Waals surface area contributed by atoms with Crippen molar-refractivity contribution in [3.05, 3.63) is 23.8 Å². The molecule has 0 amide bonds. The van der Waals surface area contributed by atoms with Crippen LogP contribution < -0.4 is 10.5 Å². The maximum Gasteiger partial charge on any atom is 0.243 e. The van der Waals surface area contributed by atoms with Gasteiger partial charge in [-0.1, -0.05) is 13.8 Å². The lowest BCUT2D eigenvalue weighted by atomic mass is 9.98. The fourth-order valence-corrected chi connectivity index (χ4v) is 2.77. The fourth-order valence-electron chi connectivity index (χ4n) is 1.56. The van der Waals surface area contributed by atoms with Crippen LogP contribution in [0.25, 0.3) is 0 Å². The van der Waals surface area contributed by atoms with Gasteiger partial charge in [-0.25, -0.2) is 21.9 Å². The summed E-state index contributed by atoms with van der Waals surface area (Å²) >= 11 is 0. The Balaban J connectivity index is 3.04. The Morgan fingerprint density at radius 2 is 1.80 bits per heavy atom. The zero-order valence-electron chi connectivity index (χ0n) is 11.3. The number of rotatable bonds is 6. The first-order valence-electron chi connectivity index (χ1n) is 6.11. The van der Waals surface area contributed by atoms with Gasteiger partial charge in [-0.3, -0.25) is 0 Å². The molecule has 0 aliphatic rings. The molecule has 0 fully saturated rings. The van der Waals surface area contributed by atoms with E-state index in [-0.39, 0.29) is 6.54 Å². The highest BCUT2D eigenvalue weighted by Gasteiger charge is 2.27. The predicted molar refractivity (Wildman–Crippen MR) is 71.5 cm³/mol. The van der Waals surface area contributed by atoms with E-state index in [2.05, 4.69) is 4.72 Å². The zero-order chi connectivity index (χ0) is 15.6. The van der Waals surface area contributed by atoms with Crippen molar-refractivity contribution in [2.45, 2.75) is 37.2 Å². The summed E-state index contributed by atoms with van der Waals surface area (Å²) < 4.78 is 52.6. The molecule has 1 aromatic rings. The van der Waals surface area contributed by atoms with Crippen LogP contribution >= 0.6 is 0 Å². The van der Waals surface area contributed by atoms with Gasteiger partial charge in [0.25, 0.3) is 0 Å². The van der Waals surface area contributed by atoms with Crippen LogP contribution in [0.1, 0.15) is 26.7 Å². The number of aliphatic hydroxyl groups is 1. The number of nitrogens with two attached hydrogens (primary N) is 1. The molecule has 0 heterocycles. The van der Waals surface area contributed by atoms with Crippen molar-refractivity contribution in [2.24, 2.45) is 0 Å². The summed E-state index contributed by atoms with van der Waals surface area (Å²) in [6, 6.07) is 1.12. The largest absolute Gasteiger partial charge is 0.396 e. The molecule has 0 saturated carbocycles. The summed E-state index contributed by atoms with van der Waals surface area (Å²) in [6.07, 6.45) is 0.667. The van der Waals surface area contributed by atoms with Crippen LogP contribution in [0.3, 0.4) is 0 Å². The van der Waals surface area contributed by atoms with Crippen molar-refractivity contribution < 1.29 is 22.3 Å². The van der Waals surface area contributed by atoms with Crippen LogP contribution in [0.2, 0.25) is 0 Å². The number of anilines is 1. The van der Waals surface area contributed by atoms with Crippen LogP contribution in [0.5, 0.6) is 0 Å². The summed E-state index contributed by atoms with van der Waals surface area (Å²) in [5.41, 5.74) is 3.56. The minimum Gasteiger partial charge on any atom is -0.396 e. The summed E-state index contributed by atoms with van der Waals surface area (Å²) in [5, 5.41) is 10.0. The molecule has 1 aromatic carbocycles. The molecule has 0 unspecified atom stereocenters. The Labute approximate surface area is 116 Å². The van der Waals surface area contributed by atoms with E-state index in [4.69, 9.17) is 5.73 Å². The maximum absolute atomic E-state index is 13.5. The standard InChI is InChI=1S/C12H18F2N2O3S/c1-3-12(17,4-2)7-16-20(18,19)11-6-10(15)8(13)5-9(11)14/h5-6,16-17H,3-4,7,15H2,1-2H3. The summed E-state index contributed by atoms with van der Waals surface area (Å²) in [6.45, 7) is 3.14. The van der Waals surface area contributed by atoms with Gasteiger partial charge >= 0.3 is 0 Å². The molecular formula is C12H18F2N2O3S. The van der Waals surface area contributed by atoms with Gasteiger partial charge in [0.15, 0.2) is 0 Å². The minimum atomic E-state index is -4.22. The highest BCUT2D eigenvalue weighted by Crippen LogP contribution is 2.21. The third-order valence-corrected chi connectivity index (χ3v) is 4.66. The van der Waals surface area contributed by atoms with Gasteiger partial charge in [-0.15, -0.1) is 0 Å². The van der Waals surface area contributed by atoms with Crippen LogP contribution in [0.4, 0.5) is 14.5 Å². The number of nitrogen functional groups attached to an aromatic ring is 1. The predicted octanol–water partition coefficient (Wildman–Crippen LogP) is 1.38. The Morgan fingerprint density at radius 1 is 1.25 bits per heavy atom. The number of halogens is 2. The van der Waals surface area contributed by atoms with Crippen molar-refractivity contribution in [3.63, 3.8) is 0 Å². The third kappa shape index (κ3) is 3.65. The second-order valence-electron chi connectivity index (χ2n) is 4.56. The molecule has 0 bridgehead atoms. The van der Waals surface area contributed by atoms with Crippen molar-refractivity contribution in [3.8, 4) is 0 Å². The van der Waals surface area contributed by atoms with Gasteiger partial charge in [0.2, 0.25) is 10.0 Å². The van der Waals surface area contributed by atoms with Crippen molar-refractivity contribution in [1.29, 1.82) is 0 Å². The third-order valence-electron chi connectivity index (χ3n) is 3.25. The molecule has 4 N–H and O–H groups in total. The van der Waals surface area contributed by atoms with Crippen LogP contribution in [0, 0.1) is 11.6 Å². The lowest BCUT2D eigenvalue weighted by molar-refractivity contribution is 0.0377. The van der Waals surface area contributed by atoms with Gasteiger partial charge < -0.3 is 10.8 Å². The van der Waals surface area contributed by atoms with Gasteiger partial charge in [-0.2, -0.15) is 0 Å². The number of hydrogen-bond donors (Lipinski definition) is 3.